The number of nitrogen functional groups attached to an aromatic ring is 1. The second-order valence-corrected chi connectivity index (χ2v) is 6.92. The predicted molar refractivity (Wildman–Crippen MR) is 74.1 cm³/mol. The van der Waals surface area contributed by atoms with Crippen LogP contribution in [-0.2, 0) is 14.8 Å². The molecular formula is C12H21N3O3S. The van der Waals surface area contributed by atoms with E-state index in [-0.39, 0.29) is 10.3 Å². The maximum Gasteiger partial charge on any atom is 0.242 e. The van der Waals surface area contributed by atoms with Crippen molar-refractivity contribution >= 4 is 15.8 Å². The summed E-state index contributed by atoms with van der Waals surface area (Å²) in [5.74, 6) is 0.291. The molecule has 1 aromatic heterocycles. The third kappa shape index (κ3) is 5.14. The highest BCUT2D eigenvalue weighted by Gasteiger charge is 2.22. The lowest BCUT2D eigenvalue weighted by atomic mass is 9.90. The number of aromatic nitrogens is 1. The SMILES string of the molecule is COCCC(C)(C)CNS(=O)(=O)c1ccc(N)nc1. The monoisotopic (exact) mass is 287 g/mol. The Kier molecular flexibility index (Phi) is 5.28. The van der Waals surface area contributed by atoms with E-state index < -0.39 is 10.0 Å². The zero-order valence-corrected chi connectivity index (χ0v) is 12.3. The molecule has 0 saturated heterocycles. The first-order chi connectivity index (χ1) is 8.77. The number of hydrogen-bond acceptors (Lipinski definition) is 5. The van der Waals surface area contributed by atoms with Crippen molar-refractivity contribution in [2.24, 2.45) is 5.41 Å². The van der Waals surface area contributed by atoms with Gasteiger partial charge in [-0.15, -0.1) is 0 Å². The van der Waals surface area contributed by atoms with Gasteiger partial charge >= 0.3 is 0 Å². The predicted octanol–water partition coefficient (Wildman–Crippen LogP) is 1.00. The number of sulfonamides is 1. The lowest BCUT2D eigenvalue weighted by Crippen LogP contribution is -2.34. The number of anilines is 1. The quantitative estimate of drug-likeness (QED) is 0.780. The summed E-state index contributed by atoms with van der Waals surface area (Å²) >= 11 is 0. The molecule has 0 spiro atoms. The van der Waals surface area contributed by atoms with Gasteiger partial charge in [0.1, 0.15) is 10.7 Å². The van der Waals surface area contributed by atoms with Gasteiger partial charge in [0.25, 0.3) is 0 Å². The zero-order chi connectivity index (χ0) is 14.5. The van der Waals surface area contributed by atoms with Gasteiger partial charge in [-0.3, -0.25) is 0 Å². The summed E-state index contributed by atoms with van der Waals surface area (Å²) in [6.45, 7) is 4.90. The summed E-state index contributed by atoms with van der Waals surface area (Å²) in [7, 11) is -1.92. The van der Waals surface area contributed by atoms with Crippen LogP contribution in [0.15, 0.2) is 23.2 Å². The number of nitrogens with zero attached hydrogens (tertiary/aromatic N) is 1. The fourth-order valence-corrected chi connectivity index (χ4v) is 2.58. The summed E-state index contributed by atoms with van der Waals surface area (Å²) in [5.41, 5.74) is 5.25. The Morgan fingerprint density at radius 3 is 2.63 bits per heavy atom. The molecule has 0 amide bonds. The topological polar surface area (TPSA) is 94.3 Å². The molecule has 0 aliphatic heterocycles. The van der Waals surface area contributed by atoms with Crippen molar-refractivity contribution in [3.05, 3.63) is 18.3 Å². The van der Waals surface area contributed by atoms with Gasteiger partial charge in [-0.25, -0.2) is 18.1 Å². The van der Waals surface area contributed by atoms with E-state index in [2.05, 4.69) is 9.71 Å². The number of ether oxygens (including phenoxy) is 1. The summed E-state index contributed by atoms with van der Waals surface area (Å²) in [5, 5.41) is 0. The highest BCUT2D eigenvalue weighted by Crippen LogP contribution is 2.20. The van der Waals surface area contributed by atoms with Gasteiger partial charge in [-0.1, -0.05) is 13.8 Å². The first-order valence-corrected chi connectivity index (χ1v) is 7.45. The summed E-state index contributed by atoms with van der Waals surface area (Å²) in [6, 6.07) is 2.90. The number of methoxy groups -OCH3 is 1. The van der Waals surface area contributed by atoms with Gasteiger partial charge < -0.3 is 10.5 Å². The van der Waals surface area contributed by atoms with Crippen molar-refractivity contribution in [1.82, 2.24) is 9.71 Å². The summed E-state index contributed by atoms with van der Waals surface area (Å²) in [6.07, 6.45) is 2.02. The molecule has 0 saturated carbocycles. The van der Waals surface area contributed by atoms with Crippen LogP contribution in [0.4, 0.5) is 5.82 Å². The molecule has 0 fully saturated rings. The first-order valence-electron chi connectivity index (χ1n) is 5.97. The molecule has 1 rings (SSSR count). The van der Waals surface area contributed by atoms with Crippen molar-refractivity contribution in [2.75, 3.05) is 26.0 Å². The molecule has 0 radical (unpaired) electrons. The minimum absolute atomic E-state index is 0.115. The number of rotatable bonds is 7. The number of pyridine rings is 1. The molecule has 0 aliphatic rings. The van der Waals surface area contributed by atoms with E-state index in [0.29, 0.717) is 19.0 Å². The average molecular weight is 287 g/mol. The van der Waals surface area contributed by atoms with E-state index in [4.69, 9.17) is 10.5 Å². The van der Waals surface area contributed by atoms with Gasteiger partial charge in [-0.05, 0) is 24.0 Å². The van der Waals surface area contributed by atoms with Gasteiger partial charge in [-0.2, -0.15) is 0 Å². The highest BCUT2D eigenvalue weighted by molar-refractivity contribution is 7.89. The van der Waals surface area contributed by atoms with Crippen LogP contribution in [0.3, 0.4) is 0 Å². The summed E-state index contributed by atoms with van der Waals surface area (Å²) < 4.78 is 31.7. The molecule has 19 heavy (non-hydrogen) atoms. The van der Waals surface area contributed by atoms with Gasteiger partial charge in [0.05, 0.1) is 0 Å². The number of nitrogens with one attached hydrogen (secondary N) is 1. The summed E-state index contributed by atoms with van der Waals surface area (Å²) in [4.78, 5) is 3.89. The van der Waals surface area contributed by atoms with Crippen molar-refractivity contribution < 1.29 is 13.2 Å². The van der Waals surface area contributed by atoms with Crippen molar-refractivity contribution in [2.45, 2.75) is 25.2 Å². The van der Waals surface area contributed by atoms with Gasteiger partial charge in [0, 0.05) is 26.5 Å². The lowest BCUT2D eigenvalue weighted by Gasteiger charge is -2.24. The van der Waals surface area contributed by atoms with Crippen molar-refractivity contribution in [1.29, 1.82) is 0 Å². The van der Waals surface area contributed by atoms with Crippen LogP contribution in [0.1, 0.15) is 20.3 Å². The van der Waals surface area contributed by atoms with Gasteiger partial charge in [0.2, 0.25) is 10.0 Å². The second kappa shape index (κ2) is 6.31. The molecule has 0 unspecified atom stereocenters. The molecule has 108 valence electrons. The van der Waals surface area contributed by atoms with Crippen LogP contribution in [0.5, 0.6) is 0 Å². The number of hydrogen-bond donors (Lipinski definition) is 2. The van der Waals surface area contributed by atoms with E-state index in [0.717, 1.165) is 6.42 Å². The van der Waals surface area contributed by atoms with Crippen LogP contribution >= 0.6 is 0 Å². The minimum Gasteiger partial charge on any atom is -0.385 e. The zero-order valence-electron chi connectivity index (χ0n) is 11.5. The van der Waals surface area contributed by atoms with E-state index in [9.17, 15) is 8.42 Å². The van der Waals surface area contributed by atoms with E-state index in [1.165, 1.54) is 18.3 Å². The molecule has 0 aromatic carbocycles. The Balaban J connectivity index is 2.68. The second-order valence-electron chi connectivity index (χ2n) is 5.15. The molecule has 0 aliphatic carbocycles. The normalized spacial score (nSPS) is 12.6. The maximum atomic E-state index is 12.0. The Morgan fingerprint density at radius 1 is 1.42 bits per heavy atom. The Hall–Kier alpha value is -1.18. The fourth-order valence-electron chi connectivity index (χ4n) is 1.39. The van der Waals surface area contributed by atoms with Crippen LogP contribution in [0.2, 0.25) is 0 Å². The minimum atomic E-state index is -3.54. The van der Waals surface area contributed by atoms with Gasteiger partial charge in [0.15, 0.2) is 0 Å². The Labute approximate surface area is 114 Å². The fraction of sp³-hybridized carbons (Fsp3) is 0.583. The Morgan fingerprint density at radius 2 is 2.11 bits per heavy atom. The third-order valence-electron chi connectivity index (χ3n) is 2.79. The van der Waals surface area contributed by atoms with E-state index in [1.807, 2.05) is 13.8 Å². The lowest BCUT2D eigenvalue weighted by molar-refractivity contribution is 0.153. The maximum absolute atomic E-state index is 12.0. The molecule has 3 N–H and O–H groups in total. The highest BCUT2D eigenvalue weighted by atomic mass is 32.2. The van der Waals surface area contributed by atoms with Crippen molar-refractivity contribution in [3.8, 4) is 0 Å². The number of nitrogens with two attached hydrogens (primary N) is 1. The molecule has 6 nitrogen and oxygen atoms in total. The molecule has 1 aromatic rings. The van der Waals surface area contributed by atoms with Crippen LogP contribution in [0, 0.1) is 5.41 Å². The molecule has 1 heterocycles. The molecule has 7 heteroatoms. The molecule has 0 atom stereocenters. The standard InChI is InChI=1S/C12H21N3O3S/c1-12(2,6-7-18-3)9-15-19(16,17)10-4-5-11(13)14-8-10/h4-5,8,15H,6-7,9H2,1-3H3,(H2,13,14). The first kappa shape index (κ1) is 15.9. The van der Waals surface area contributed by atoms with Crippen LogP contribution < -0.4 is 10.5 Å². The Bertz CT molecular complexity index is 497. The third-order valence-corrected chi connectivity index (χ3v) is 4.18. The van der Waals surface area contributed by atoms with Crippen molar-refractivity contribution in [3.63, 3.8) is 0 Å². The largest absolute Gasteiger partial charge is 0.385 e. The molecular weight excluding hydrogens is 266 g/mol. The van der Waals surface area contributed by atoms with Crippen LogP contribution in [0.25, 0.3) is 0 Å². The molecule has 0 bridgehead atoms. The average Bonchev–Trinajstić information content (AvgIpc) is 2.35. The van der Waals surface area contributed by atoms with E-state index >= 15 is 0 Å². The van der Waals surface area contributed by atoms with Crippen LogP contribution in [-0.4, -0.2) is 33.7 Å². The smallest absolute Gasteiger partial charge is 0.242 e. The van der Waals surface area contributed by atoms with E-state index in [1.54, 1.807) is 7.11 Å².